The molecule has 1 N–H and O–H groups in total. The lowest BCUT2D eigenvalue weighted by atomic mass is 10.0. The summed E-state index contributed by atoms with van der Waals surface area (Å²) in [7, 11) is 0. The van der Waals surface area contributed by atoms with Gasteiger partial charge in [0.15, 0.2) is 0 Å². The fraction of sp³-hybridized carbons (Fsp3) is 0.529. The van der Waals surface area contributed by atoms with E-state index < -0.39 is 0 Å². The van der Waals surface area contributed by atoms with Crippen LogP contribution in [-0.2, 0) is 16.0 Å². The molecule has 1 saturated carbocycles. The lowest BCUT2D eigenvalue weighted by Gasteiger charge is -2.32. The minimum atomic E-state index is -0.331. The first-order valence-corrected chi connectivity index (χ1v) is 7.95. The molecule has 0 radical (unpaired) electrons. The van der Waals surface area contributed by atoms with Gasteiger partial charge in [-0.05, 0) is 37.3 Å². The van der Waals surface area contributed by atoms with Crippen LogP contribution in [0, 0.1) is 11.7 Å². The highest BCUT2D eigenvalue weighted by Crippen LogP contribution is 2.29. The number of halogens is 1. The van der Waals surface area contributed by atoms with E-state index in [9.17, 15) is 14.0 Å². The van der Waals surface area contributed by atoms with E-state index in [2.05, 4.69) is 5.32 Å². The molecule has 3 rings (SSSR count). The number of amides is 2. The molecule has 0 bridgehead atoms. The van der Waals surface area contributed by atoms with Gasteiger partial charge < -0.3 is 10.2 Å². The molecule has 0 atom stereocenters. The molecule has 0 unspecified atom stereocenters. The fourth-order valence-corrected chi connectivity index (χ4v) is 2.85. The zero-order valence-corrected chi connectivity index (χ0v) is 12.6. The van der Waals surface area contributed by atoms with Crippen LogP contribution in [0.3, 0.4) is 0 Å². The van der Waals surface area contributed by atoms with E-state index >= 15 is 0 Å². The van der Waals surface area contributed by atoms with Crippen LogP contribution >= 0.6 is 0 Å². The van der Waals surface area contributed by atoms with Crippen LogP contribution < -0.4 is 5.32 Å². The third-order valence-corrected chi connectivity index (χ3v) is 4.44. The molecule has 22 heavy (non-hydrogen) atoms. The predicted octanol–water partition coefficient (Wildman–Crippen LogP) is 1.89. The van der Waals surface area contributed by atoms with Crippen molar-refractivity contribution in [3.05, 3.63) is 35.6 Å². The number of nitrogens with zero attached hydrogens (tertiary/aromatic N) is 1. The van der Waals surface area contributed by atoms with E-state index in [-0.39, 0.29) is 36.0 Å². The van der Waals surface area contributed by atoms with E-state index in [0.717, 1.165) is 25.7 Å². The second-order valence-electron chi connectivity index (χ2n) is 6.21. The predicted molar refractivity (Wildman–Crippen MR) is 80.6 cm³/mol. The first-order chi connectivity index (χ1) is 10.6. The van der Waals surface area contributed by atoms with Crippen molar-refractivity contribution in [1.82, 2.24) is 10.2 Å². The van der Waals surface area contributed by atoms with Crippen molar-refractivity contribution >= 4 is 11.8 Å². The smallest absolute Gasteiger partial charge is 0.227 e. The molecule has 4 nitrogen and oxygen atoms in total. The average molecular weight is 304 g/mol. The highest BCUT2D eigenvalue weighted by atomic mass is 19.1. The number of nitrogens with one attached hydrogen (secondary N) is 1. The van der Waals surface area contributed by atoms with Gasteiger partial charge >= 0.3 is 0 Å². The second-order valence-corrected chi connectivity index (χ2v) is 6.21. The first-order valence-electron chi connectivity index (χ1n) is 7.95. The second kappa shape index (κ2) is 6.46. The molecule has 1 aromatic carbocycles. The number of hydrogen-bond acceptors (Lipinski definition) is 2. The number of hydrogen-bond donors (Lipinski definition) is 1. The molecular formula is C17H21FN2O2. The van der Waals surface area contributed by atoms with Crippen LogP contribution in [0.15, 0.2) is 24.3 Å². The number of rotatable bonds is 4. The van der Waals surface area contributed by atoms with Crippen LogP contribution in [-0.4, -0.2) is 35.8 Å². The molecule has 0 spiro atoms. The molecule has 2 amide bonds. The van der Waals surface area contributed by atoms with Gasteiger partial charge in [0.05, 0.1) is 6.42 Å². The summed E-state index contributed by atoms with van der Waals surface area (Å²) in [5, 5.41) is 3.06. The number of benzene rings is 1. The number of carbonyl (C=O) groups is 2. The van der Waals surface area contributed by atoms with Gasteiger partial charge in [0, 0.05) is 25.0 Å². The molecule has 2 aliphatic rings. The molecule has 118 valence electrons. The Balaban J connectivity index is 1.47. The minimum absolute atomic E-state index is 0.0444. The Morgan fingerprint density at radius 2 is 1.82 bits per heavy atom. The van der Waals surface area contributed by atoms with Crippen LogP contribution in [0.4, 0.5) is 4.39 Å². The van der Waals surface area contributed by atoms with Gasteiger partial charge in [-0.15, -0.1) is 0 Å². The van der Waals surface area contributed by atoms with Crippen molar-refractivity contribution in [3.63, 3.8) is 0 Å². The van der Waals surface area contributed by atoms with Crippen molar-refractivity contribution in [2.24, 2.45) is 5.92 Å². The lowest BCUT2D eigenvalue weighted by Crippen LogP contribution is -2.47. The molecule has 1 saturated heterocycles. The van der Waals surface area contributed by atoms with Crippen molar-refractivity contribution in [2.45, 2.75) is 38.1 Å². The summed E-state index contributed by atoms with van der Waals surface area (Å²) >= 11 is 0. The minimum Gasteiger partial charge on any atom is -0.353 e. The SMILES string of the molecule is O=C(NC1CCN(C(=O)Cc2ccccc2F)CC1)C1CC1. The summed E-state index contributed by atoms with van der Waals surface area (Å²) in [6.45, 7) is 1.26. The third kappa shape index (κ3) is 3.64. The Bertz CT molecular complexity index is 564. The first kappa shape index (κ1) is 15.0. The summed E-state index contributed by atoms with van der Waals surface area (Å²) < 4.78 is 13.6. The van der Waals surface area contributed by atoms with E-state index in [4.69, 9.17) is 0 Å². The van der Waals surface area contributed by atoms with Crippen LogP contribution in [0.2, 0.25) is 0 Å². The maximum atomic E-state index is 13.6. The van der Waals surface area contributed by atoms with E-state index in [0.29, 0.717) is 18.7 Å². The van der Waals surface area contributed by atoms with Crippen molar-refractivity contribution in [2.75, 3.05) is 13.1 Å². The summed E-state index contributed by atoms with van der Waals surface area (Å²) in [5.41, 5.74) is 0.441. The third-order valence-electron chi connectivity index (χ3n) is 4.44. The zero-order valence-electron chi connectivity index (χ0n) is 12.6. The van der Waals surface area contributed by atoms with Crippen LogP contribution in [0.5, 0.6) is 0 Å². The Kier molecular flexibility index (Phi) is 4.41. The topological polar surface area (TPSA) is 49.4 Å². The van der Waals surface area contributed by atoms with Gasteiger partial charge in [-0.2, -0.15) is 0 Å². The molecule has 5 heteroatoms. The molecule has 1 heterocycles. The fourth-order valence-electron chi connectivity index (χ4n) is 2.85. The lowest BCUT2D eigenvalue weighted by molar-refractivity contribution is -0.131. The van der Waals surface area contributed by atoms with Gasteiger partial charge in [0.25, 0.3) is 0 Å². The Morgan fingerprint density at radius 1 is 1.14 bits per heavy atom. The molecule has 2 fully saturated rings. The van der Waals surface area contributed by atoms with Gasteiger partial charge in [0.1, 0.15) is 5.82 Å². The zero-order chi connectivity index (χ0) is 15.5. The van der Waals surface area contributed by atoms with Crippen molar-refractivity contribution in [3.8, 4) is 0 Å². The molecule has 1 aliphatic carbocycles. The van der Waals surface area contributed by atoms with Crippen LogP contribution in [0.25, 0.3) is 0 Å². The standard InChI is InChI=1S/C17H21FN2O2/c18-15-4-2-1-3-13(15)11-16(21)20-9-7-14(8-10-20)19-17(22)12-5-6-12/h1-4,12,14H,5-11H2,(H,19,22). The van der Waals surface area contributed by atoms with Gasteiger partial charge in [-0.25, -0.2) is 4.39 Å². The van der Waals surface area contributed by atoms with E-state index in [1.54, 1.807) is 23.1 Å². The van der Waals surface area contributed by atoms with E-state index in [1.165, 1.54) is 6.07 Å². The number of carbonyl (C=O) groups excluding carboxylic acids is 2. The summed E-state index contributed by atoms with van der Waals surface area (Å²) in [5.74, 6) is 0.0105. The summed E-state index contributed by atoms with van der Waals surface area (Å²) in [6, 6.07) is 6.56. The van der Waals surface area contributed by atoms with Crippen molar-refractivity contribution in [1.29, 1.82) is 0 Å². The number of piperidine rings is 1. The highest BCUT2D eigenvalue weighted by molar-refractivity contribution is 5.81. The quantitative estimate of drug-likeness (QED) is 0.923. The largest absolute Gasteiger partial charge is 0.353 e. The Morgan fingerprint density at radius 3 is 2.45 bits per heavy atom. The average Bonchev–Trinajstić information content (AvgIpc) is 3.35. The highest BCUT2D eigenvalue weighted by Gasteiger charge is 2.32. The molecule has 1 aromatic rings. The van der Waals surface area contributed by atoms with Gasteiger partial charge in [-0.3, -0.25) is 9.59 Å². The number of likely N-dealkylation sites (tertiary alicyclic amines) is 1. The van der Waals surface area contributed by atoms with Crippen LogP contribution in [0.1, 0.15) is 31.2 Å². The molecular weight excluding hydrogens is 283 g/mol. The molecule has 1 aliphatic heterocycles. The van der Waals surface area contributed by atoms with Gasteiger partial charge in [0.2, 0.25) is 11.8 Å². The molecule has 0 aromatic heterocycles. The van der Waals surface area contributed by atoms with Crippen molar-refractivity contribution < 1.29 is 14.0 Å². The Labute approximate surface area is 129 Å². The normalized spacial score (nSPS) is 19.0. The maximum absolute atomic E-state index is 13.6. The summed E-state index contributed by atoms with van der Waals surface area (Å²) in [6.07, 6.45) is 3.67. The van der Waals surface area contributed by atoms with E-state index in [1.807, 2.05) is 0 Å². The summed E-state index contributed by atoms with van der Waals surface area (Å²) in [4.78, 5) is 25.7. The Hall–Kier alpha value is -1.91. The van der Waals surface area contributed by atoms with Gasteiger partial charge in [-0.1, -0.05) is 18.2 Å². The maximum Gasteiger partial charge on any atom is 0.227 e. The monoisotopic (exact) mass is 304 g/mol.